The Morgan fingerprint density at radius 1 is 1.10 bits per heavy atom. The highest BCUT2D eigenvalue weighted by Gasteiger charge is 2.30. The first-order valence-electron chi connectivity index (χ1n) is 10.1. The molecule has 1 aliphatic heterocycles. The molecule has 0 saturated heterocycles. The second-order valence-corrected chi connectivity index (χ2v) is 8.71. The molecule has 2 aromatic heterocycles. The van der Waals surface area contributed by atoms with Gasteiger partial charge in [0.1, 0.15) is 0 Å². The predicted octanol–water partition coefficient (Wildman–Crippen LogP) is 5.46. The van der Waals surface area contributed by atoms with E-state index in [1.165, 1.54) is 16.8 Å². The lowest BCUT2D eigenvalue weighted by molar-refractivity contribution is 0.454. The van der Waals surface area contributed by atoms with Crippen molar-refractivity contribution in [2.24, 2.45) is 0 Å². The van der Waals surface area contributed by atoms with Crippen molar-refractivity contribution in [2.75, 3.05) is 5.32 Å². The van der Waals surface area contributed by atoms with Crippen molar-refractivity contribution in [3.05, 3.63) is 65.9 Å². The van der Waals surface area contributed by atoms with Crippen LogP contribution >= 0.6 is 0 Å². The molecule has 5 heteroatoms. The average Bonchev–Trinajstić information content (AvgIpc) is 3.13. The topological polar surface area (TPSA) is 55.1 Å². The molecular formula is C24H25N5. The minimum atomic E-state index is 0.0836. The number of aromatic nitrogens is 4. The van der Waals surface area contributed by atoms with Crippen molar-refractivity contribution in [3.8, 4) is 22.6 Å². The van der Waals surface area contributed by atoms with E-state index in [0.717, 1.165) is 23.2 Å². The molecule has 0 fully saturated rings. The quantitative estimate of drug-likeness (QED) is 0.499. The first kappa shape index (κ1) is 17.9. The number of anilines is 1. The van der Waals surface area contributed by atoms with Crippen LogP contribution in [0.15, 0.2) is 54.7 Å². The van der Waals surface area contributed by atoms with Crippen LogP contribution in [0.2, 0.25) is 0 Å². The van der Waals surface area contributed by atoms with E-state index in [0.29, 0.717) is 17.5 Å². The van der Waals surface area contributed by atoms with E-state index in [1.807, 2.05) is 47.1 Å². The molecule has 1 unspecified atom stereocenters. The second-order valence-electron chi connectivity index (χ2n) is 8.71. The molecule has 5 nitrogen and oxygen atoms in total. The van der Waals surface area contributed by atoms with Crippen LogP contribution in [0.3, 0.4) is 0 Å². The summed E-state index contributed by atoms with van der Waals surface area (Å²) in [6, 6.07) is 16.6. The van der Waals surface area contributed by atoms with Gasteiger partial charge in [0, 0.05) is 28.6 Å². The number of hydrogen-bond donors (Lipinski definition) is 1. The highest BCUT2D eigenvalue weighted by Crippen LogP contribution is 2.41. The highest BCUT2D eigenvalue weighted by molar-refractivity contribution is 5.74. The fourth-order valence-corrected chi connectivity index (χ4v) is 4.52. The van der Waals surface area contributed by atoms with Crippen LogP contribution in [0.4, 0.5) is 5.69 Å². The van der Waals surface area contributed by atoms with Crippen molar-refractivity contribution in [3.63, 3.8) is 0 Å². The number of hydrogen-bond acceptors (Lipinski definition) is 4. The van der Waals surface area contributed by atoms with Crippen LogP contribution in [0.25, 0.3) is 28.4 Å². The third-order valence-electron chi connectivity index (χ3n) is 5.77. The average molecular weight is 383 g/mol. The van der Waals surface area contributed by atoms with Gasteiger partial charge in [0.15, 0.2) is 5.82 Å². The Morgan fingerprint density at radius 2 is 1.90 bits per heavy atom. The van der Waals surface area contributed by atoms with Gasteiger partial charge in [0.05, 0.1) is 5.69 Å². The SMILES string of the molecule is Cc1cc2c(cc1-c1ccnc3nc(-c4ccccc4)nn13)NC(C)(C)CC2C. The molecule has 1 aliphatic rings. The van der Waals surface area contributed by atoms with Crippen molar-refractivity contribution >= 4 is 11.5 Å². The maximum absolute atomic E-state index is 4.78. The zero-order valence-electron chi connectivity index (χ0n) is 17.3. The normalized spacial score (nSPS) is 17.7. The Kier molecular flexibility index (Phi) is 3.95. The maximum Gasteiger partial charge on any atom is 0.253 e. The molecule has 0 bridgehead atoms. The smallest absolute Gasteiger partial charge is 0.253 e. The Morgan fingerprint density at radius 3 is 2.69 bits per heavy atom. The summed E-state index contributed by atoms with van der Waals surface area (Å²) in [5.74, 6) is 1.83. The summed E-state index contributed by atoms with van der Waals surface area (Å²) >= 11 is 0. The highest BCUT2D eigenvalue weighted by atomic mass is 15.3. The maximum atomic E-state index is 4.78. The molecule has 5 rings (SSSR count). The number of fused-ring (bicyclic) bond motifs is 2. The molecule has 0 radical (unpaired) electrons. The Labute approximate surface area is 170 Å². The zero-order chi connectivity index (χ0) is 20.2. The molecule has 1 N–H and O–H groups in total. The molecule has 0 spiro atoms. The van der Waals surface area contributed by atoms with Crippen LogP contribution in [-0.2, 0) is 0 Å². The van der Waals surface area contributed by atoms with Crippen LogP contribution in [-0.4, -0.2) is 25.1 Å². The molecule has 2 aromatic carbocycles. The summed E-state index contributed by atoms with van der Waals surface area (Å²) in [7, 11) is 0. The number of rotatable bonds is 2. The van der Waals surface area contributed by atoms with Crippen molar-refractivity contribution in [1.82, 2.24) is 19.6 Å². The lowest BCUT2D eigenvalue weighted by Crippen LogP contribution is -2.36. The van der Waals surface area contributed by atoms with E-state index in [2.05, 4.69) is 55.1 Å². The van der Waals surface area contributed by atoms with Gasteiger partial charge in [0.2, 0.25) is 0 Å². The third kappa shape index (κ3) is 3.07. The molecule has 3 heterocycles. The summed E-state index contributed by atoms with van der Waals surface area (Å²) in [6.07, 6.45) is 2.94. The number of nitrogens with zero attached hydrogens (tertiary/aromatic N) is 4. The van der Waals surface area contributed by atoms with Gasteiger partial charge in [-0.1, -0.05) is 43.3 Å². The Hall–Kier alpha value is -3.21. The molecule has 4 aromatic rings. The van der Waals surface area contributed by atoms with Gasteiger partial charge in [-0.15, -0.1) is 5.10 Å². The second kappa shape index (κ2) is 6.41. The molecular weight excluding hydrogens is 358 g/mol. The van der Waals surface area contributed by atoms with Gasteiger partial charge in [-0.25, -0.2) is 4.98 Å². The molecule has 0 saturated carbocycles. The van der Waals surface area contributed by atoms with Crippen LogP contribution < -0.4 is 5.32 Å². The van der Waals surface area contributed by atoms with E-state index in [-0.39, 0.29) is 5.54 Å². The zero-order valence-corrected chi connectivity index (χ0v) is 17.3. The monoisotopic (exact) mass is 383 g/mol. The molecule has 0 aliphatic carbocycles. The van der Waals surface area contributed by atoms with Gasteiger partial charge in [0.25, 0.3) is 5.78 Å². The van der Waals surface area contributed by atoms with E-state index < -0.39 is 0 Å². The molecule has 1 atom stereocenters. The van der Waals surface area contributed by atoms with Crippen LogP contribution in [0, 0.1) is 6.92 Å². The summed E-state index contributed by atoms with van der Waals surface area (Å²) < 4.78 is 1.86. The van der Waals surface area contributed by atoms with E-state index in [4.69, 9.17) is 5.10 Å². The summed E-state index contributed by atoms with van der Waals surface area (Å²) in [6.45, 7) is 9.01. The van der Waals surface area contributed by atoms with Gasteiger partial charge in [-0.3, -0.25) is 0 Å². The first-order valence-corrected chi connectivity index (χ1v) is 10.1. The largest absolute Gasteiger partial charge is 0.380 e. The lowest BCUT2D eigenvalue weighted by Gasteiger charge is -2.38. The lowest BCUT2D eigenvalue weighted by atomic mass is 9.80. The van der Waals surface area contributed by atoms with Crippen LogP contribution in [0.1, 0.15) is 44.2 Å². The van der Waals surface area contributed by atoms with Crippen LogP contribution in [0.5, 0.6) is 0 Å². The minimum absolute atomic E-state index is 0.0836. The van der Waals surface area contributed by atoms with Gasteiger partial charge in [-0.2, -0.15) is 9.50 Å². The number of aryl methyl sites for hydroxylation is 1. The van der Waals surface area contributed by atoms with Crippen molar-refractivity contribution < 1.29 is 0 Å². The summed E-state index contributed by atoms with van der Waals surface area (Å²) in [5, 5.41) is 8.50. The van der Waals surface area contributed by atoms with Gasteiger partial charge >= 0.3 is 0 Å². The Balaban J connectivity index is 1.67. The van der Waals surface area contributed by atoms with E-state index in [9.17, 15) is 0 Å². The molecule has 29 heavy (non-hydrogen) atoms. The van der Waals surface area contributed by atoms with Crippen molar-refractivity contribution in [1.29, 1.82) is 0 Å². The molecule has 146 valence electrons. The summed E-state index contributed by atoms with van der Waals surface area (Å²) in [4.78, 5) is 9.09. The third-order valence-corrected chi connectivity index (χ3v) is 5.77. The fourth-order valence-electron chi connectivity index (χ4n) is 4.52. The first-order chi connectivity index (χ1) is 13.9. The predicted molar refractivity (Wildman–Crippen MR) is 117 cm³/mol. The Bertz CT molecular complexity index is 1210. The van der Waals surface area contributed by atoms with E-state index >= 15 is 0 Å². The summed E-state index contributed by atoms with van der Waals surface area (Å²) in [5.41, 5.74) is 7.06. The van der Waals surface area contributed by atoms with Crippen molar-refractivity contribution in [2.45, 2.75) is 45.6 Å². The van der Waals surface area contributed by atoms with E-state index in [1.54, 1.807) is 0 Å². The number of nitrogens with one attached hydrogen (secondary N) is 1. The van der Waals surface area contributed by atoms with Gasteiger partial charge in [-0.05, 0) is 56.4 Å². The van der Waals surface area contributed by atoms with Gasteiger partial charge < -0.3 is 5.32 Å². The molecule has 0 amide bonds. The number of benzene rings is 2. The minimum Gasteiger partial charge on any atom is -0.380 e. The standard InChI is InChI=1S/C24H25N5/c1-15-12-18-16(2)14-24(3,4)27-20(18)13-19(15)21-10-11-25-23-26-22(28-29(21)23)17-8-6-5-7-9-17/h5-13,16,27H,14H2,1-4H3. The fraction of sp³-hybridized carbons (Fsp3) is 0.292.